The molecule has 0 bridgehead atoms. The average Bonchev–Trinajstić information content (AvgIpc) is 2.82. The van der Waals surface area contributed by atoms with Gasteiger partial charge in [0, 0.05) is 30.6 Å². The number of halogens is 1. The monoisotopic (exact) mass is 336 g/mol. The van der Waals surface area contributed by atoms with Crippen LogP contribution in [0.4, 0.5) is 4.39 Å². The summed E-state index contributed by atoms with van der Waals surface area (Å²) < 4.78 is 18.7. The van der Waals surface area contributed by atoms with Gasteiger partial charge in [-0.1, -0.05) is 19.9 Å². The summed E-state index contributed by atoms with van der Waals surface area (Å²) in [6.07, 6.45) is 1.51. The van der Waals surface area contributed by atoms with E-state index in [4.69, 9.17) is 4.74 Å². The van der Waals surface area contributed by atoms with Crippen molar-refractivity contribution in [2.75, 3.05) is 20.7 Å². The van der Waals surface area contributed by atoms with Crippen molar-refractivity contribution in [3.05, 3.63) is 29.6 Å². The maximum atomic E-state index is 13.8. The highest BCUT2D eigenvalue weighted by Gasteiger charge is 2.57. The van der Waals surface area contributed by atoms with Crippen molar-refractivity contribution in [3.63, 3.8) is 0 Å². The van der Waals surface area contributed by atoms with Gasteiger partial charge in [0.15, 0.2) is 11.6 Å². The van der Waals surface area contributed by atoms with Gasteiger partial charge in [-0.15, -0.1) is 0 Å². The molecule has 1 aromatic rings. The third-order valence-corrected chi connectivity index (χ3v) is 5.79. The Bertz CT molecular complexity index is 590. The Morgan fingerprint density at radius 1 is 1.42 bits per heavy atom. The van der Waals surface area contributed by atoms with Gasteiger partial charge in [0.05, 0.1) is 13.2 Å². The van der Waals surface area contributed by atoms with Crippen LogP contribution in [0.25, 0.3) is 0 Å². The topological polar surface area (TPSA) is 44.7 Å². The van der Waals surface area contributed by atoms with E-state index in [9.17, 15) is 9.50 Å². The van der Waals surface area contributed by atoms with Crippen LogP contribution < -0.4 is 10.1 Å². The molecule has 0 aromatic heterocycles. The van der Waals surface area contributed by atoms with Crippen LogP contribution in [0.5, 0.6) is 5.75 Å². The van der Waals surface area contributed by atoms with Crippen molar-refractivity contribution >= 4 is 0 Å². The number of rotatable bonds is 5. The summed E-state index contributed by atoms with van der Waals surface area (Å²) in [6, 6.07) is 5.62. The number of nitrogens with one attached hydrogen (secondary N) is 1. The first-order chi connectivity index (χ1) is 11.4. The lowest BCUT2D eigenvalue weighted by molar-refractivity contribution is -0.0828. The van der Waals surface area contributed by atoms with Crippen molar-refractivity contribution < 1.29 is 14.2 Å². The summed E-state index contributed by atoms with van der Waals surface area (Å²) in [5.74, 6) is 0.502. The second-order valence-electron chi connectivity index (χ2n) is 7.90. The highest BCUT2D eigenvalue weighted by molar-refractivity contribution is 5.29. The molecule has 1 heterocycles. The van der Waals surface area contributed by atoms with Crippen LogP contribution in [-0.4, -0.2) is 48.9 Å². The molecule has 0 radical (unpaired) electrons. The fraction of sp³-hybridized carbons (Fsp3) is 0.684. The van der Waals surface area contributed by atoms with Gasteiger partial charge in [-0.3, -0.25) is 0 Å². The molecular weight excluding hydrogens is 307 g/mol. The molecule has 1 aromatic carbocycles. The van der Waals surface area contributed by atoms with E-state index in [0.717, 1.165) is 24.9 Å². The van der Waals surface area contributed by atoms with Crippen LogP contribution in [0.3, 0.4) is 0 Å². The van der Waals surface area contributed by atoms with Gasteiger partial charge in [-0.25, -0.2) is 4.39 Å². The fourth-order valence-electron chi connectivity index (χ4n) is 5.12. The lowest BCUT2D eigenvalue weighted by Gasteiger charge is -2.57. The van der Waals surface area contributed by atoms with Gasteiger partial charge in [0.1, 0.15) is 0 Å². The molecule has 1 spiro atoms. The smallest absolute Gasteiger partial charge is 0.165 e. The van der Waals surface area contributed by atoms with Gasteiger partial charge < -0.3 is 20.1 Å². The Balaban J connectivity index is 1.62. The summed E-state index contributed by atoms with van der Waals surface area (Å²) in [5.41, 5.74) is 1.10. The standard InChI is InChI=1S/C19H29FN2O2/c1-12(2)18-19(11-22(18)3)8-15(16(23)9-19)21-10-13-5-6-17(24-4)14(20)7-13/h5-7,12,15-16,18,21,23H,8-11H2,1-4H3/t15-,16-,18?,19?/m1/s1. The highest BCUT2D eigenvalue weighted by Crippen LogP contribution is 2.52. The first kappa shape index (κ1) is 17.6. The lowest BCUT2D eigenvalue weighted by atomic mass is 9.66. The lowest BCUT2D eigenvalue weighted by Crippen LogP contribution is -2.64. The number of aliphatic hydroxyl groups is 1. The van der Waals surface area contributed by atoms with Crippen molar-refractivity contribution in [1.82, 2.24) is 10.2 Å². The van der Waals surface area contributed by atoms with E-state index in [-0.39, 0.29) is 29.1 Å². The molecular formula is C19H29FN2O2. The quantitative estimate of drug-likeness (QED) is 0.867. The SMILES string of the molecule is COc1ccc(CN[C@@H]2CC3(C[C@H]2O)CN(C)C3C(C)C)cc1F. The molecule has 134 valence electrons. The van der Waals surface area contributed by atoms with Crippen LogP contribution in [0.2, 0.25) is 0 Å². The predicted octanol–water partition coefficient (Wildman–Crippen LogP) is 2.40. The van der Waals surface area contributed by atoms with Crippen molar-refractivity contribution in [1.29, 1.82) is 0 Å². The molecule has 5 heteroatoms. The number of methoxy groups -OCH3 is 1. The molecule has 2 aliphatic rings. The van der Waals surface area contributed by atoms with Gasteiger partial charge in [0.2, 0.25) is 0 Å². The molecule has 2 N–H and O–H groups in total. The van der Waals surface area contributed by atoms with Gasteiger partial charge in [-0.05, 0) is 43.5 Å². The summed E-state index contributed by atoms with van der Waals surface area (Å²) in [5, 5.41) is 13.9. The predicted molar refractivity (Wildman–Crippen MR) is 92.5 cm³/mol. The van der Waals surface area contributed by atoms with Crippen LogP contribution in [0.15, 0.2) is 18.2 Å². The molecule has 1 aliphatic carbocycles. The molecule has 2 unspecified atom stereocenters. The Labute approximate surface area is 144 Å². The normalized spacial score (nSPS) is 33.2. The minimum Gasteiger partial charge on any atom is -0.494 e. The van der Waals surface area contributed by atoms with E-state index < -0.39 is 0 Å². The van der Waals surface area contributed by atoms with Gasteiger partial charge in [-0.2, -0.15) is 0 Å². The highest BCUT2D eigenvalue weighted by atomic mass is 19.1. The Morgan fingerprint density at radius 3 is 2.75 bits per heavy atom. The largest absolute Gasteiger partial charge is 0.494 e. The Kier molecular flexibility index (Phi) is 4.87. The second kappa shape index (κ2) is 6.62. The van der Waals surface area contributed by atoms with E-state index in [1.165, 1.54) is 13.2 Å². The van der Waals surface area contributed by atoms with Crippen LogP contribution in [-0.2, 0) is 6.54 Å². The van der Waals surface area contributed by atoms with Crippen LogP contribution in [0.1, 0.15) is 32.3 Å². The van der Waals surface area contributed by atoms with Crippen LogP contribution >= 0.6 is 0 Å². The minimum atomic E-state index is -0.347. The fourth-order valence-corrected chi connectivity index (χ4v) is 5.12. The number of nitrogens with zero attached hydrogens (tertiary/aromatic N) is 1. The minimum absolute atomic E-state index is 0.0742. The number of hydrogen-bond acceptors (Lipinski definition) is 4. The first-order valence-corrected chi connectivity index (χ1v) is 8.80. The van der Waals surface area contributed by atoms with E-state index >= 15 is 0 Å². The summed E-state index contributed by atoms with van der Waals surface area (Å²) in [6.45, 7) is 6.13. The molecule has 3 rings (SSSR count). The Hall–Kier alpha value is -1.17. The third kappa shape index (κ3) is 3.05. The first-order valence-electron chi connectivity index (χ1n) is 8.80. The molecule has 4 nitrogen and oxygen atoms in total. The Morgan fingerprint density at radius 2 is 2.17 bits per heavy atom. The third-order valence-electron chi connectivity index (χ3n) is 5.79. The summed E-state index contributed by atoms with van der Waals surface area (Å²) in [7, 11) is 3.63. The average molecular weight is 336 g/mol. The zero-order valence-corrected chi connectivity index (χ0v) is 15.1. The van der Waals surface area contributed by atoms with E-state index in [1.54, 1.807) is 6.07 Å². The zero-order valence-electron chi connectivity index (χ0n) is 15.1. The maximum Gasteiger partial charge on any atom is 0.165 e. The van der Waals surface area contributed by atoms with E-state index in [2.05, 4.69) is 31.1 Å². The number of benzene rings is 1. The summed E-state index contributed by atoms with van der Waals surface area (Å²) >= 11 is 0. The van der Waals surface area contributed by atoms with E-state index in [1.807, 2.05) is 6.07 Å². The number of ether oxygens (including phenoxy) is 1. The molecule has 2 fully saturated rings. The zero-order chi connectivity index (χ0) is 17.5. The molecule has 0 amide bonds. The number of hydrogen-bond donors (Lipinski definition) is 2. The van der Waals surface area contributed by atoms with Crippen molar-refractivity contribution in [2.45, 2.75) is 51.4 Å². The van der Waals surface area contributed by atoms with Gasteiger partial charge in [0.25, 0.3) is 0 Å². The second-order valence-corrected chi connectivity index (χ2v) is 7.90. The molecule has 4 atom stereocenters. The molecule has 1 aliphatic heterocycles. The maximum absolute atomic E-state index is 13.8. The summed E-state index contributed by atoms with van der Waals surface area (Å²) in [4.78, 5) is 2.40. The van der Waals surface area contributed by atoms with Crippen LogP contribution in [0, 0.1) is 17.2 Å². The number of aliphatic hydroxyl groups excluding tert-OH is 1. The van der Waals surface area contributed by atoms with Crippen molar-refractivity contribution in [2.24, 2.45) is 11.3 Å². The van der Waals surface area contributed by atoms with Crippen molar-refractivity contribution in [3.8, 4) is 5.75 Å². The molecule has 1 saturated carbocycles. The molecule has 1 saturated heterocycles. The molecule has 24 heavy (non-hydrogen) atoms. The number of likely N-dealkylation sites (tertiary alicyclic amines) is 1. The van der Waals surface area contributed by atoms with Gasteiger partial charge >= 0.3 is 0 Å². The van der Waals surface area contributed by atoms with E-state index in [0.29, 0.717) is 18.5 Å².